The third kappa shape index (κ3) is 4.21. The zero-order chi connectivity index (χ0) is 27.3. The molecule has 0 radical (unpaired) electrons. The summed E-state index contributed by atoms with van der Waals surface area (Å²) >= 11 is 1.35. The van der Waals surface area contributed by atoms with Gasteiger partial charge in [0, 0.05) is 0 Å². The van der Waals surface area contributed by atoms with E-state index in [0.29, 0.717) is 26.5 Å². The number of fused-ring (bicyclic) bond motifs is 3. The second-order valence-corrected chi connectivity index (χ2v) is 11.1. The average Bonchev–Trinajstić information content (AvgIpc) is 3.25. The van der Waals surface area contributed by atoms with E-state index < -0.39 is 12.0 Å². The molecule has 0 saturated heterocycles. The molecule has 6 heteroatoms. The minimum Gasteiger partial charge on any atom is -0.466 e. The summed E-state index contributed by atoms with van der Waals surface area (Å²) in [5.41, 5.74) is 3.79. The Morgan fingerprint density at radius 2 is 1.59 bits per heavy atom. The second-order valence-electron chi connectivity index (χ2n) is 10.1. The van der Waals surface area contributed by atoms with Crippen molar-refractivity contribution in [2.24, 2.45) is 4.99 Å². The number of aromatic nitrogens is 1. The predicted octanol–water partition coefficient (Wildman–Crippen LogP) is 5.84. The average molecular weight is 533 g/mol. The molecule has 1 aliphatic heterocycles. The van der Waals surface area contributed by atoms with Gasteiger partial charge in [-0.25, -0.2) is 9.79 Å². The van der Waals surface area contributed by atoms with Crippen molar-refractivity contribution >= 4 is 44.9 Å². The third-order valence-electron chi connectivity index (χ3n) is 7.43. The fourth-order valence-corrected chi connectivity index (χ4v) is 6.44. The van der Waals surface area contributed by atoms with Crippen molar-refractivity contribution < 1.29 is 9.53 Å². The van der Waals surface area contributed by atoms with Gasteiger partial charge in [0.25, 0.3) is 5.56 Å². The summed E-state index contributed by atoms with van der Waals surface area (Å²) in [6, 6.07) is 26.1. The summed E-state index contributed by atoms with van der Waals surface area (Å²) in [6.45, 7) is 6.08. The molecule has 1 unspecified atom stereocenters. The molecular weight excluding hydrogens is 504 g/mol. The number of hydrogen-bond donors (Lipinski definition) is 0. The van der Waals surface area contributed by atoms with Crippen LogP contribution < -0.4 is 14.9 Å². The van der Waals surface area contributed by atoms with Crippen LogP contribution in [0.5, 0.6) is 0 Å². The summed E-state index contributed by atoms with van der Waals surface area (Å²) in [6.07, 6.45) is 1.98. The quantitative estimate of drug-likeness (QED) is 0.216. The maximum Gasteiger partial charge on any atom is 0.338 e. The maximum atomic E-state index is 14.1. The van der Waals surface area contributed by atoms with Gasteiger partial charge in [0.05, 0.1) is 29.0 Å². The van der Waals surface area contributed by atoms with E-state index in [2.05, 4.69) is 56.3 Å². The molecule has 1 aliphatic rings. The Morgan fingerprint density at radius 1 is 0.974 bits per heavy atom. The van der Waals surface area contributed by atoms with Crippen molar-refractivity contribution in [1.29, 1.82) is 0 Å². The van der Waals surface area contributed by atoms with Gasteiger partial charge in [0.1, 0.15) is 0 Å². The summed E-state index contributed by atoms with van der Waals surface area (Å²) in [5, 5.41) is 4.38. The molecule has 0 spiro atoms. The van der Waals surface area contributed by atoms with Crippen LogP contribution in [0.2, 0.25) is 0 Å². The molecule has 194 valence electrons. The summed E-state index contributed by atoms with van der Waals surface area (Å²) < 4.78 is 7.36. The van der Waals surface area contributed by atoms with Crippen LogP contribution in [0.15, 0.2) is 99.9 Å². The number of nitrogens with zero attached hydrogens (tertiary/aromatic N) is 2. The topological polar surface area (TPSA) is 60.7 Å². The first-order valence-corrected chi connectivity index (χ1v) is 13.8. The highest BCUT2D eigenvalue weighted by Gasteiger charge is 2.33. The zero-order valence-corrected chi connectivity index (χ0v) is 23.1. The molecule has 0 bridgehead atoms. The van der Waals surface area contributed by atoms with Crippen molar-refractivity contribution in [3.63, 3.8) is 0 Å². The Kier molecular flexibility index (Phi) is 6.28. The number of ether oxygens (including phenoxy) is 1. The van der Waals surface area contributed by atoms with Crippen molar-refractivity contribution in [3.8, 4) is 0 Å². The van der Waals surface area contributed by atoms with Gasteiger partial charge in [0.15, 0.2) is 4.80 Å². The molecule has 39 heavy (non-hydrogen) atoms. The first kappa shape index (κ1) is 25.0. The first-order chi connectivity index (χ1) is 18.9. The number of esters is 1. The fraction of sp³-hybridized carbons (Fsp3) is 0.182. The molecule has 0 saturated carbocycles. The van der Waals surface area contributed by atoms with Gasteiger partial charge in [-0.15, -0.1) is 0 Å². The highest BCUT2D eigenvalue weighted by atomic mass is 32.1. The fourth-order valence-electron chi connectivity index (χ4n) is 5.41. The lowest BCUT2D eigenvalue weighted by Gasteiger charge is -2.24. The van der Waals surface area contributed by atoms with E-state index in [-0.39, 0.29) is 5.56 Å². The van der Waals surface area contributed by atoms with Gasteiger partial charge in [-0.3, -0.25) is 9.36 Å². The van der Waals surface area contributed by atoms with Gasteiger partial charge >= 0.3 is 5.97 Å². The number of methoxy groups -OCH3 is 1. The van der Waals surface area contributed by atoms with Crippen LogP contribution in [0.4, 0.5) is 0 Å². The molecule has 5 nitrogen and oxygen atoms in total. The van der Waals surface area contributed by atoms with Gasteiger partial charge in [-0.2, -0.15) is 0 Å². The molecule has 6 rings (SSSR count). The standard InChI is InChI=1S/C33H28N2O3S/c1-19(2)21-13-15-22(16-14-21)30-29(32(37)38-4)20(3)34-33-35(30)31(36)28(39-33)18-27-25-11-7-5-9-23(25)17-24-10-6-8-12-26(24)27/h5-19,30H,1-4H3/b28-18-. The van der Waals surface area contributed by atoms with Gasteiger partial charge in [0.2, 0.25) is 0 Å². The van der Waals surface area contributed by atoms with Crippen LogP contribution in [0.25, 0.3) is 27.6 Å². The molecule has 0 fully saturated rings. The zero-order valence-electron chi connectivity index (χ0n) is 22.3. The van der Waals surface area contributed by atoms with Gasteiger partial charge in [-0.1, -0.05) is 98.0 Å². The van der Waals surface area contributed by atoms with Crippen LogP contribution in [0.3, 0.4) is 0 Å². The van der Waals surface area contributed by atoms with Crippen molar-refractivity contribution in [3.05, 3.63) is 127 Å². The minimum absolute atomic E-state index is 0.178. The van der Waals surface area contributed by atoms with Crippen LogP contribution in [-0.2, 0) is 9.53 Å². The predicted molar refractivity (Wildman–Crippen MR) is 158 cm³/mol. The molecule has 0 aliphatic carbocycles. The summed E-state index contributed by atoms with van der Waals surface area (Å²) in [5.74, 6) is -0.113. The number of allylic oxidation sites excluding steroid dienone is 1. The van der Waals surface area contributed by atoms with Crippen molar-refractivity contribution in [1.82, 2.24) is 4.57 Å². The van der Waals surface area contributed by atoms with Gasteiger partial charge < -0.3 is 4.74 Å². The minimum atomic E-state index is -0.624. The van der Waals surface area contributed by atoms with Crippen LogP contribution in [-0.4, -0.2) is 17.6 Å². The van der Waals surface area contributed by atoms with Crippen LogP contribution in [0.1, 0.15) is 49.4 Å². The molecule has 5 aromatic rings. The Bertz CT molecular complexity index is 1920. The maximum absolute atomic E-state index is 14.1. The van der Waals surface area contributed by atoms with E-state index in [1.54, 1.807) is 11.5 Å². The van der Waals surface area contributed by atoms with Crippen molar-refractivity contribution in [2.75, 3.05) is 7.11 Å². The van der Waals surface area contributed by atoms with E-state index in [1.807, 2.05) is 42.5 Å². The van der Waals surface area contributed by atoms with Gasteiger partial charge in [-0.05, 0) is 63.2 Å². The first-order valence-electron chi connectivity index (χ1n) is 13.0. The van der Waals surface area contributed by atoms with Crippen LogP contribution >= 0.6 is 11.3 Å². The number of carbonyl (C=O) groups excluding carboxylic acids is 1. The Labute approximate surface area is 230 Å². The molecule has 0 amide bonds. The number of hydrogen-bond acceptors (Lipinski definition) is 5. The lowest BCUT2D eigenvalue weighted by Crippen LogP contribution is -2.39. The number of rotatable bonds is 4. The van der Waals surface area contributed by atoms with E-state index in [9.17, 15) is 9.59 Å². The lowest BCUT2D eigenvalue weighted by atomic mass is 9.93. The SMILES string of the molecule is COC(=O)C1=C(C)N=c2s/c(=C\c3c4ccccc4cc4ccccc34)c(=O)n2C1c1ccc(C(C)C)cc1. The monoisotopic (exact) mass is 532 g/mol. The third-order valence-corrected chi connectivity index (χ3v) is 8.42. The Hall–Kier alpha value is -4.29. The van der Waals surface area contributed by atoms with Crippen LogP contribution in [0, 0.1) is 0 Å². The molecule has 0 N–H and O–H groups in total. The summed E-state index contributed by atoms with van der Waals surface area (Å²) in [7, 11) is 1.36. The Morgan fingerprint density at radius 3 is 2.18 bits per heavy atom. The molecule has 2 heterocycles. The largest absolute Gasteiger partial charge is 0.466 e. The van der Waals surface area contributed by atoms with E-state index in [1.165, 1.54) is 24.0 Å². The van der Waals surface area contributed by atoms with E-state index in [4.69, 9.17) is 9.73 Å². The smallest absolute Gasteiger partial charge is 0.338 e. The molecule has 4 aromatic carbocycles. The number of carbonyl (C=O) groups is 1. The van der Waals surface area contributed by atoms with E-state index >= 15 is 0 Å². The molecular formula is C33H28N2O3S. The number of benzene rings is 4. The second kappa shape index (κ2) is 9.79. The highest BCUT2D eigenvalue weighted by molar-refractivity contribution is 7.07. The summed E-state index contributed by atoms with van der Waals surface area (Å²) in [4.78, 5) is 32.4. The molecule has 1 atom stereocenters. The lowest BCUT2D eigenvalue weighted by molar-refractivity contribution is -0.136. The number of thiazole rings is 1. The van der Waals surface area contributed by atoms with E-state index in [0.717, 1.165) is 32.7 Å². The molecule has 1 aromatic heterocycles. The normalized spacial score (nSPS) is 15.6. The Balaban J connectivity index is 1.63. The highest BCUT2D eigenvalue weighted by Crippen LogP contribution is 2.32. The van der Waals surface area contributed by atoms with Crippen molar-refractivity contribution in [2.45, 2.75) is 32.7 Å².